The molecule has 0 N–H and O–H groups in total. The number of hydrogen-bond acceptors (Lipinski definition) is 4. The Labute approximate surface area is 89.3 Å². The van der Waals surface area contributed by atoms with E-state index in [9.17, 15) is 4.79 Å². The zero-order valence-corrected chi connectivity index (χ0v) is 9.19. The van der Waals surface area contributed by atoms with Crippen molar-refractivity contribution >= 4 is 5.78 Å². The Balaban J connectivity index is 1.96. The summed E-state index contributed by atoms with van der Waals surface area (Å²) < 4.78 is 5.27. The number of carbonyl (C=O) groups excluding carboxylic acids is 1. The number of rotatable bonds is 3. The van der Waals surface area contributed by atoms with Gasteiger partial charge in [0.2, 0.25) is 0 Å². The van der Waals surface area contributed by atoms with Crippen molar-refractivity contribution in [3.05, 3.63) is 17.8 Å². The number of aromatic nitrogens is 1. The minimum atomic E-state index is -0.0338. The topological polar surface area (TPSA) is 46.3 Å². The molecule has 1 unspecified atom stereocenters. The van der Waals surface area contributed by atoms with Crippen LogP contribution in [0.15, 0.2) is 10.7 Å². The van der Waals surface area contributed by atoms with Gasteiger partial charge in [0.15, 0.2) is 11.7 Å². The van der Waals surface area contributed by atoms with E-state index in [0.717, 1.165) is 19.5 Å². The van der Waals surface area contributed by atoms with Crippen LogP contribution in [0.25, 0.3) is 0 Å². The van der Waals surface area contributed by atoms with Crippen molar-refractivity contribution in [1.82, 2.24) is 9.88 Å². The molecule has 82 valence electrons. The van der Waals surface area contributed by atoms with Crippen molar-refractivity contribution in [2.75, 3.05) is 20.1 Å². The van der Waals surface area contributed by atoms with Crippen molar-refractivity contribution < 1.29 is 9.21 Å². The molecule has 1 atom stereocenters. The summed E-state index contributed by atoms with van der Waals surface area (Å²) in [5.74, 6) is 1.28. The second-order valence-electron chi connectivity index (χ2n) is 4.30. The van der Waals surface area contributed by atoms with E-state index in [1.165, 1.54) is 19.6 Å². The molecule has 2 heterocycles. The van der Waals surface area contributed by atoms with Crippen LogP contribution in [0.3, 0.4) is 0 Å². The second kappa shape index (κ2) is 4.14. The molecule has 1 fully saturated rings. The third kappa shape index (κ3) is 2.45. The minimum Gasteiger partial charge on any atom is -0.448 e. The summed E-state index contributed by atoms with van der Waals surface area (Å²) in [5, 5.41) is 0. The van der Waals surface area contributed by atoms with Crippen LogP contribution in [0, 0.1) is 5.92 Å². The highest BCUT2D eigenvalue weighted by Crippen LogP contribution is 2.19. The average molecular weight is 208 g/mol. The molecule has 15 heavy (non-hydrogen) atoms. The van der Waals surface area contributed by atoms with Crippen molar-refractivity contribution in [3.8, 4) is 0 Å². The summed E-state index contributed by atoms with van der Waals surface area (Å²) in [7, 11) is 2.12. The highest BCUT2D eigenvalue weighted by Gasteiger charge is 2.21. The average Bonchev–Trinajstić information content (AvgIpc) is 2.76. The van der Waals surface area contributed by atoms with E-state index in [0.29, 0.717) is 17.5 Å². The maximum absolute atomic E-state index is 11.0. The van der Waals surface area contributed by atoms with Gasteiger partial charge in [-0.05, 0) is 25.9 Å². The Hall–Kier alpha value is -1.16. The molecule has 0 spiro atoms. The number of ketones is 1. The summed E-state index contributed by atoms with van der Waals surface area (Å²) in [5.41, 5.74) is 0.441. The van der Waals surface area contributed by atoms with Gasteiger partial charge >= 0.3 is 0 Å². The van der Waals surface area contributed by atoms with Crippen LogP contribution >= 0.6 is 0 Å². The van der Waals surface area contributed by atoms with E-state index in [4.69, 9.17) is 4.42 Å². The predicted molar refractivity (Wildman–Crippen MR) is 55.8 cm³/mol. The molecule has 1 aliphatic rings. The fraction of sp³-hybridized carbons (Fsp3) is 0.636. The molecule has 4 nitrogen and oxygen atoms in total. The van der Waals surface area contributed by atoms with Crippen LogP contribution in [-0.2, 0) is 6.42 Å². The molecular formula is C11H16N2O2. The van der Waals surface area contributed by atoms with Gasteiger partial charge < -0.3 is 9.32 Å². The summed E-state index contributed by atoms with van der Waals surface area (Å²) in [6.45, 7) is 3.74. The SMILES string of the molecule is CC(=O)c1coc(CC2CCN(C)C2)n1. The van der Waals surface area contributed by atoms with Crippen LogP contribution in [0.4, 0.5) is 0 Å². The van der Waals surface area contributed by atoms with E-state index in [-0.39, 0.29) is 5.78 Å². The Kier molecular flexibility index (Phi) is 2.86. The van der Waals surface area contributed by atoms with E-state index < -0.39 is 0 Å². The molecule has 1 aliphatic heterocycles. The Bertz CT molecular complexity index is 359. The van der Waals surface area contributed by atoms with Gasteiger partial charge in [0, 0.05) is 19.9 Å². The van der Waals surface area contributed by atoms with Gasteiger partial charge in [-0.2, -0.15) is 0 Å². The fourth-order valence-electron chi connectivity index (χ4n) is 2.01. The van der Waals surface area contributed by atoms with Crippen molar-refractivity contribution in [1.29, 1.82) is 0 Å². The number of carbonyl (C=O) groups is 1. The number of oxazole rings is 1. The lowest BCUT2D eigenvalue weighted by molar-refractivity contribution is 0.101. The second-order valence-corrected chi connectivity index (χ2v) is 4.30. The molecule has 0 radical (unpaired) electrons. The monoisotopic (exact) mass is 208 g/mol. The van der Waals surface area contributed by atoms with Crippen LogP contribution in [-0.4, -0.2) is 35.8 Å². The molecule has 0 aliphatic carbocycles. The zero-order valence-electron chi connectivity index (χ0n) is 9.19. The Morgan fingerprint density at radius 2 is 2.53 bits per heavy atom. The summed E-state index contributed by atoms with van der Waals surface area (Å²) >= 11 is 0. The first-order valence-corrected chi connectivity index (χ1v) is 5.29. The first-order chi connectivity index (χ1) is 7.15. The molecule has 0 saturated carbocycles. The van der Waals surface area contributed by atoms with Crippen LogP contribution < -0.4 is 0 Å². The molecule has 0 amide bonds. The van der Waals surface area contributed by atoms with Crippen LogP contribution in [0.5, 0.6) is 0 Å². The molecule has 0 aromatic carbocycles. The van der Waals surface area contributed by atoms with Gasteiger partial charge in [0.25, 0.3) is 0 Å². The number of likely N-dealkylation sites (tertiary alicyclic amines) is 1. The fourth-order valence-corrected chi connectivity index (χ4v) is 2.01. The summed E-state index contributed by atoms with van der Waals surface area (Å²) in [4.78, 5) is 17.5. The molecule has 0 bridgehead atoms. The minimum absolute atomic E-state index is 0.0338. The normalized spacial score (nSPS) is 22.1. The lowest BCUT2D eigenvalue weighted by Gasteiger charge is -2.07. The standard InChI is InChI=1S/C11H16N2O2/c1-8(14)10-7-15-11(12-10)5-9-3-4-13(2)6-9/h7,9H,3-6H2,1-2H3. The van der Waals surface area contributed by atoms with Gasteiger partial charge in [-0.15, -0.1) is 0 Å². The number of hydrogen-bond donors (Lipinski definition) is 0. The third-order valence-electron chi connectivity index (χ3n) is 2.86. The number of nitrogens with zero attached hydrogens (tertiary/aromatic N) is 2. The van der Waals surface area contributed by atoms with Crippen molar-refractivity contribution in [3.63, 3.8) is 0 Å². The third-order valence-corrected chi connectivity index (χ3v) is 2.86. The van der Waals surface area contributed by atoms with E-state index in [2.05, 4.69) is 16.9 Å². The number of Topliss-reactive ketones (excluding diaryl/α,β-unsaturated/α-hetero) is 1. The molecule has 2 rings (SSSR count). The molecular weight excluding hydrogens is 192 g/mol. The molecule has 1 saturated heterocycles. The molecule has 1 aromatic heterocycles. The first-order valence-electron chi connectivity index (χ1n) is 5.29. The van der Waals surface area contributed by atoms with E-state index >= 15 is 0 Å². The predicted octanol–water partition coefficient (Wildman–Crippen LogP) is 1.37. The Morgan fingerprint density at radius 1 is 1.73 bits per heavy atom. The summed E-state index contributed by atoms with van der Waals surface area (Å²) in [6.07, 6.45) is 3.49. The molecule has 4 heteroatoms. The van der Waals surface area contributed by atoms with Crippen LogP contribution in [0.1, 0.15) is 29.7 Å². The maximum Gasteiger partial charge on any atom is 0.194 e. The van der Waals surface area contributed by atoms with E-state index in [1.807, 2.05) is 0 Å². The van der Waals surface area contributed by atoms with Gasteiger partial charge in [0.05, 0.1) is 0 Å². The smallest absolute Gasteiger partial charge is 0.194 e. The van der Waals surface area contributed by atoms with Gasteiger partial charge in [0.1, 0.15) is 12.0 Å². The first kappa shape index (κ1) is 10.4. The van der Waals surface area contributed by atoms with E-state index in [1.54, 1.807) is 0 Å². The van der Waals surface area contributed by atoms with Gasteiger partial charge in [-0.1, -0.05) is 0 Å². The lowest BCUT2D eigenvalue weighted by Crippen LogP contribution is -2.15. The Morgan fingerprint density at radius 3 is 3.07 bits per heavy atom. The van der Waals surface area contributed by atoms with Crippen molar-refractivity contribution in [2.45, 2.75) is 19.8 Å². The molecule has 1 aromatic rings. The maximum atomic E-state index is 11.0. The van der Waals surface area contributed by atoms with Gasteiger partial charge in [-0.3, -0.25) is 4.79 Å². The highest BCUT2D eigenvalue weighted by molar-refractivity contribution is 5.91. The lowest BCUT2D eigenvalue weighted by atomic mass is 10.1. The van der Waals surface area contributed by atoms with Crippen LogP contribution in [0.2, 0.25) is 0 Å². The van der Waals surface area contributed by atoms with Gasteiger partial charge in [-0.25, -0.2) is 4.98 Å². The quantitative estimate of drug-likeness (QED) is 0.704. The zero-order chi connectivity index (χ0) is 10.8. The largest absolute Gasteiger partial charge is 0.448 e. The highest BCUT2D eigenvalue weighted by atomic mass is 16.3. The summed E-state index contributed by atoms with van der Waals surface area (Å²) in [6, 6.07) is 0. The van der Waals surface area contributed by atoms with Crippen molar-refractivity contribution in [2.24, 2.45) is 5.92 Å².